The van der Waals surface area contributed by atoms with E-state index in [0.717, 1.165) is 32.2 Å². The highest BCUT2D eigenvalue weighted by Gasteiger charge is 2.39. The Kier molecular flexibility index (Phi) is 8.55. The van der Waals surface area contributed by atoms with E-state index in [1.165, 1.54) is 38.5 Å². The first-order chi connectivity index (χ1) is 15.2. The zero-order valence-corrected chi connectivity index (χ0v) is 18.6. The normalized spacial score (nSPS) is 34.2. The number of hydrogen-bond donors (Lipinski definition) is 6. The number of hydroxylamine groups is 1. The average molecular weight is 437 g/mol. The molecule has 2 aliphatic heterocycles. The quantitative estimate of drug-likeness (QED) is 0.299. The highest BCUT2D eigenvalue weighted by atomic mass is 16.7. The second kappa shape index (κ2) is 11.6. The lowest BCUT2D eigenvalue weighted by molar-refractivity contribution is -0.134. The second-order valence-electron chi connectivity index (χ2n) is 9.63. The number of nitrogens with one attached hydrogen (secondary N) is 6. The minimum atomic E-state index is -0.0876. The fraction of sp³-hybridized carbons (Fsp3) is 0.909. The van der Waals surface area contributed by atoms with E-state index in [0.29, 0.717) is 31.2 Å². The van der Waals surface area contributed by atoms with Gasteiger partial charge < -0.3 is 10.6 Å². The fourth-order valence-electron chi connectivity index (χ4n) is 5.63. The van der Waals surface area contributed by atoms with E-state index in [4.69, 9.17) is 4.84 Å². The topological polar surface area (TPSA) is 116 Å². The van der Waals surface area contributed by atoms with Crippen molar-refractivity contribution in [1.29, 1.82) is 0 Å². The van der Waals surface area contributed by atoms with Gasteiger partial charge in [-0.2, -0.15) is 5.48 Å². The molecule has 4 aliphatic rings. The van der Waals surface area contributed by atoms with Gasteiger partial charge in [0.25, 0.3) is 0 Å². The number of amides is 2. The maximum absolute atomic E-state index is 12.2. The zero-order valence-electron chi connectivity index (χ0n) is 18.6. The monoisotopic (exact) mass is 436 g/mol. The maximum atomic E-state index is 12.2. The second-order valence-corrected chi connectivity index (χ2v) is 9.63. The predicted octanol–water partition coefficient (Wildman–Crippen LogP) is 0.986. The van der Waals surface area contributed by atoms with Gasteiger partial charge in [-0.3, -0.25) is 25.2 Å². The van der Waals surface area contributed by atoms with Crippen LogP contribution in [-0.2, 0) is 14.4 Å². The van der Waals surface area contributed by atoms with E-state index >= 15 is 0 Å². The largest absolute Gasteiger partial charge is 0.356 e. The fourth-order valence-corrected chi connectivity index (χ4v) is 5.63. The van der Waals surface area contributed by atoms with Gasteiger partial charge in [0.05, 0.1) is 12.3 Å². The Morgan fingerprint density at radius 2 is 1.84 bits per heavy atom. The van der Waals surface area contributed by atoms with Crippen molar-refractivity contribution in [3.05, 3.63) is 0 Å². The van der Waals surface area contributed by atoms with Crippen molar-refractivity contribution in [2.45, 2.75) is 95.6 Å². The Labute approximate surface area is 185 Å². The van der Waals surface area contributed by atoms with Crippen LogP contribution >= 0.6 is 0 Å². The third kappa shape index (κ3) is 6.38. The summed E-state index contributed by atoms with van der Waals surface area (Å²) in [6.07, 6.45) is 13.1. The molecule has 5 atom stereocenters. The van der Waals surface area contributed by atoms with Crippen LogP contribution in [0.25, 0.3) is 0 Å². The molecule has 0 aromatic heterocycles. The van der Waals surface area contributed by atoms with Gasteiger partial charge in [0.2, 0.25) is 11.8 Å². The minimum absolute atomic E-state index is 0.0712. The van der Waals surface area contributed by atoms with Gasteiger partial charge in [-0.15, -0.1) is 0 Å². The van der Waals surface area contributed by atoms with Crippen LogP contribution in [0.5, 0.6) is 0 Å². The summed E-state index contributed by atoms with van der Waals surface area (Å²) in [5.74, 6) is 1.33. The van der Waals surface area contributed by atoms with Gasteiger partial charge in [0.1, 0.15) is 6.23 Å². The first-order valence-electron chi connectivity index (χ1n) is 12.4. The van der Waals surface area contributed by atoms with Gasteiger partial charge in [-0.1, -0.05) is 32.1 Å². The summed E-state index contributed by atoms with van der Waals surface area (Å²) in [5.41, 5.74) is 9.07. The number of rotatable bonds is 9. The minimum Gasteiger partial charge on any atom is -0.356 e. The Balaban J connectivity index is 1.05. The van der Waals surface area contributed by atoms with Gasteiger partial charge in [0.15, 0.2) is 0 Å². The summed E-state index contributed by atoms with van der Waals surface area (Å²) in [6, 6.07) is 0. The molecule has 0 bridgehead atoms. The number of carbonyl (C=O) groups excluding carboxylic acids is 2. The molecule has 4 rings (SSSR count). The van der Waals surface area contributed by atoms with Crippen LogP contribution in [0, 0.1) is 17.8 Å². The molecule has 2 saturated carbocycles. The Bertz CT molecular complexity index is 600. The van der Waals surface area contributed by atoms with E-state index in [2.05, 4.69) is 32.3 Å². The summed E-state index contributed by atoms with van der Waals surface area (Å²) in [4.78, 5) is 29.8. The molecule has 5 unspecified atom stereocenters. The summed E-state index contributed by atoms with van der Waals surface area (Å²) < 4.78 is 0. The SMILES string of the molecule is O=C(CCC1NC(C2CCCCC2)NO1)NCCCNC1NNC(=O)C2CCCCC12. The summed E-state index contributed by atoms with van der Waals surface area (Å²) in [7, 11) is 0. The molecule has 2 aliphatic carbocycles. The molecule has 6 N–H and O–H groups in total. The third-order valence-corrected chi connectivity index (χ3v) is 7.43. The van der Waals surface area contributed by atoms with E-state index in [1.54, 1.807) is 0 Å². The lowest BCUT2D eigenvalue weighted by Crippen LogP contribution is -2.64. The van der Waals surface area contributed by atoms with Gasteiger partial charge in [-0.05, 0) is 51.0 Å². The molecule has 2 heterocycles. The van der Waals surface area contributed by atoms with Crippen LogP contribution in [-0.4, -0.2) is 43.5 Å². The van der Waals surface area contributed by atoms with E-state index in [-0.39, 0.29) is 36.3 Å². The van der Waals surface area contributed by atoms with Crippen molar-refractivity contribution in [3.63, 3.8) is 0 Å². The Morgan fingerprint density at radius 3 is 2.71 bits per heavy atom. The van der Waals surface area contributed by atoms with Crippen molar-refractivity contribution in [1.82, 2.24) is 32.3 Å². The smallest absolute Gasteiger partial charge is 0.237 e. The number of carbonyl (C=O) groups is 2. The summed E-state index contributed by atoms with van der Waals surface area (Å²) in [5, 5.41) is 10.0. The Hall–Kier alpha value is -1.26. The standard InChI is InChI=1S/C22H40N6O3/c29-18(11-12-19-25-20(28-31-19)15-7-2-1-3-8-15)23-13-6-14-24-21-16-9-4-5-10-17(16)22(30)27-26-21/h15-17,19-21,24-26,28H,1-14H2,(H,23,29)(H,27,30). The molecule has 0 aromatic carbocycles. The van der Waals surface area contributed by atoms with E-state index in [1.807, 2.05) is 0 Å². The van der Waals surface area contributed by atoms with Crippen molar-refractivity contribution in [2.75, 3.05) is 13.1 Å². The maximum Gasteiger partial charge on any atom is 0.237 e. The highest BCUT2D eigenvalue weighted by Crippen LogP contribution is 2.33. The van der Waals surface area contributed by atoms with Crippen LogP contribution in [0.1, 0.15) is 77.0 Å². The first-order valence-corrected chi connectivity index (χ1v) is 12.4. The van der Waals surface area contributed by atoms with E-state index in [9.17, 15) is 9.59 Å². The van der Waals surface area contributed by atoms with Crippen molar-refractivity contribution in [3.8, 4) is 0 Å². The number of fused-ring (bicyclic) bond motifs is 1. The lowest BCUT2D eigenvalue weighted by atomic mass is 9.76. The molecule has 176 valence electrons. The molecule has 31 heavy (non-hydrogen) atoms. The molecule has 4 fully saturated rings. The summed E-state index contributed by atoms with van der Waals surface area (Å²) in [6.45, 7) is 1.46. The molecule has 9 heteroatoms. The third-order valence-electron chi connectivity index (χ3n) is 7.43. The lowest BCUT2D eigenvalue weighted by Gasteiger charge is -2.41. The van der Waals surface area contributed by atoms with Crippen molar-refractivity contribution < 1.29 is 14.4 Å². The predicted molar refractivity (Wildman–Crippen MR) is 117 cm³/mol. The first kappa shape index (κ1) is 22.9. The molecule has 9 nitrogen and oxygen atoms in total. The van der Waals surface area contributed by atoms with Gasteiger partial charge in [0, 0.05) is 24.8 Å². The molecule has 0 radical (unpaired) electrons. The van der Waals surface area contributed by atoms with Crippen LogP contribution in [0.3, 0.4) is 0 Å². The molecular formula is C22H40N6O3. The zero-order chi connectivity index (χ0) is 21.5. The van der Waals surface area contributed by atoms with Gasteiger partial charge >= 0.3 is 0 Å². The van der Waals surface area contributed by atoms with Crippen LogP contribution in [0.2, 0.25) is 0 Å². The van der Waals surface area contributed by atoms with Crippen LogP contribution in [0.4, 0.5) is 0 Å². The van der Waals surface area contributed by atoms with Crippen molar-refractivity contribution >= 4 is 11.8 Å². The van der Waals surface area contributed by atoms with Crippen LogP contribution < -0.4 is 32.3 Å². The number of hydrogen-bond acceptors (Lipinski definition) is 7. The molecule has 0 aromatic rings. The highest BCUT2D eigenvalue weighted by molar-refractivity contribution is 5.79. The molecule has 2 amide bonds. The average Bonchev–Trinajstić information content (AvgIpc) is 3.29. The van der Waals surface area contributed by atoms with Crippen LogP contribution in [0.15, 0.2) is 0 Å². The van der Waals surface area contributed by atoms with E-state index < -0.39 is 0 Å². The Morgan fingerprint density at radius 1 is 1.03 bits per heavy atom. The molecular weight excluding hydrogens is 396 g/mol. The molecule has 0 spiro atoms. The van der Waals surface area contributed by atoms with Gasteiger partial charge in [-0.25, -0.2) is 5.43 Å². The molecule has 2 saturated heterocycles. The number of hydrazine groups is 1. The van der Waals surface area contributed by atoms with Crippen molar-refractivity contribution in [2.24, 2.45) is 17.8 Å². The summed E-state index contributed by atoms with van der Waals surface area (Å²) >= 11 is 0.